The first-order chi connectivity index (χ1) is 14.8. The third kappa shape index (κ3) is 3.86. The van der Waals surface area contributed by atoms with Gasteiger partial charge in [-0.1, -0.05) is 41.6 Å². The van der Waals surface area contributed by atoms with Gasteiger partial charge in [0.2, 0.25) is 0 Å². The number of rotatable bonds is 5. The van der Waals surface area contributed by atoms with Crippen molar-refractivity contribution >= 4 is 16.5 Å². The van der Waals surface area contributed by atoms with Gasteiger partial charge in [0.25, 0.3) is 0 Å². The van der Waals surface area contributed by atoms with Crippen LogP contribution < -0.4 is 9.64 Å². The summed E-state index contributed by atoms with van der Waals surface area (Å²) in [5, 5.41) is 10.9. The summed E-state index contributed by atoms with van der Waals surface area (Å²) in [5.41, 5.74) is 3.06. The second-order valence-electron chi connectivity index (χ2n) is 7.73. The Balaban J connectivity index is 1.34. The highest BCUT2D eigenvalue weighted by molar-refractivity contribution is 5.95. The Morgan fingerprint density at radius 1 is 0.900 bits per heavy atom. The van der Waals surface area contributed by atoms with Crippen LogP contribution in [0.4, 0.5) is 5.69 Å². The number of hydrogen-bond donors (Lipinski definition) is 0. The predicted octanol–water partition coefficient (Wildman–Crippen LogP) is 3.75. The van der Waals surface area contributed by atoms with E-state index in [0.29, 0.717) is 6.61 Å². The van der Waals surface area contributed by atoms with Crippen LogP contribution in [0.5, 0.6) is 5.75 Å². The lowest BCUT2D eigenvalue weighted by molar-refractivity contribution is 0.301. The van der Waals surface area contributed by atoms with Crippen LogP contribution in [0.3, 0.4) is 0 Å². The first-order valence-corrected chi connectivity index (χ1v) is 10.3. The fourth-order valence-corrected chi connectivity index (χ4v) is 3.88. The highest BCUT2D eigenvalue weighted by Gasteiger charge is 2.16. The fraction of sp³-hybridized carbons (Fsp3) is 0.250. The predicted molar refractivity (Wildman–Crippen MR) is 119 cm³/mol. The number of anilines is 1. The van der Waals surface area contributed by atoms with Crippen LogP contribution in [0.15, 0.2) is 72.9 Å². The van der Waals surface area contributed by atoms with E-state index in [1.54, 1.807) is 4.68 Å². The second-order valence-corrected chi connectivity index (χ2v) is 7.73. The Labute approximate surface area is 176 Å². The molecule has 0 saturated carbocycles. The van der Waals surface area contributed by atoms with Crippen LogP contribution in [0, 0.1) is 0 Å². The van der Waals surface area contributed by atoms with Crippen LogP contribution in [-0.4, -0.2) is 53.1 Å². The number of nitrogens with zero attached hydrogens (tertiary/aromatic N) is 5. The number of hydrogen-bond acceptors (Lipinski definition) is 5. The number of para-hydroxylation sites is 1. The summed E-state index contributed by atoms with van der Waals surface area (Å²) in [4.78, 5) is 4.84. The lowest BCUT2D eigenvalue weighted by Crippen LogP contribution is -2.44. The van der Waals surface area contributed by atoms with Crippen molar-refractivity contribution in [2.24, 2.45) is 0 Å². The van der Waals surface area contributed by atoms with Crippen molar-refractivity contribution in [3.8, 4) is 11.4 Å². The molecule has 2 heterocycles. The molecule has 0 bridgehead atoms. The quantitative estimate of drug-likeness (QED) is 0.511. The molecule has 1 saturated heterocycles. The molecule has 0 N–H and O–H groups in total. The van der Waals surface area contributed by atoms with Crippen molar-refractivity contribution in [3.05, 3.63) is 78.6 Å². The molecular formula is C24H25N5O. The first-order valence-electron chi connectivity index (χ1n) is 10.3. The summed E-state index contributed by atoms with van der Waals surface area (Å²) < 4.78 is 7.83. The minimum absolute atomic E-state index is 0.384. The van der Waals surface area contributed by atoms with Crippen molar-refractivity contribution in [1.82, 2.24) is 19.9 Å². The van der Waals surface area contributed by atoms with E-state index in [1.165, 1.54) is 16.5 Å². The van der Waals surface area contributed by atoms with E-state index < -0.39 is 0 Å². The monoisotopic (exact) mass is 399 g/mol. The molecule has 5 rings (SSSR count). The zero-order valence-electron chi connectivity index (χ0n) is 17.1. The summed E-state index contributed by atoms with van der Waals surface area (Å²) >= 11 is 0. The number of fused-ring (bicyclic) bond motifs is 1. The number of aromatic nitrogens is 3. The molecule has 152 valence electrons. The van der Waals surface area contributed by atoms with Crippen molar-refractivity contribution < 1.29 is 4.74 Å². The average Bonchev–Trinajstić information content (AvgIpc) is 3.28. The zero-order valence-corrected chi connectivity index (χ0v) is 17.1. The van der Waals surface area contributed by atoms with Gasteiger partial charge in [-0.25, -0.2) is 4.68 Å². The van der Waals surface area contributed by atoms with Crippen molar-refractivity contribution in [1.29, 1.82) is 0 Å². The van der Waals surface area contributed by atoms with E-state index >= 15 is 0 Å². The normalized spacial score (nSPS) is 14.9. The fourth-order valence-electron chi connectivity index (χ4n) is 3.88. The number of piperazine rings is 1. The molecule has 6 nitrogen and oxygen atoms in total. The van der Waals surface area contributed by atoms with Gasteiger partial charge in [0, 0.05) is 37.3 Å². The van der Waals surface area contributed by atoms with Gasteiger partial charge >= 0.3 is 0 Å². The van der Waals surface area contributed by atoms with Gasteiger partial charge in [0.15, 0.2) is 0 Å². The van der Waals surface area contributed by atoms with Gasteiger partial charge < -0.3 is 14.5 Å². The van der Waals surface area contributed by atoms with E-state index in [9.17, 15) is 0 Å². The van der Waals surface area contributed by atoms with E-state index in [-0.39, 0.29) is 0 Å². The van der Waals surface area contributed by atoms with E-state index in [2.05, 4.69) is 57.5 Å². The van der Waals surface area contributed by atoms with Crippen LogP contribution in [0.1, 0.15) is 5.69 Å². The van der Waals surface area contributed by atoms with E-state index in [4.69, 9.17) is 4.74 Å². The highest BCUT2D eigenvalue weighted by atomic mass is 16.5. The molecule has 0 radical (unpaired) electrons. The minimum Gasteiger partial charge on any atom is -0.487 e. The first kappa shape index (κ1) is 18.6. The second kappa shape index (κ2) is 8.16. The van der Waals surface area contributed by atoms with Crippen molar-refractivity contribution in [3.63, 3.8) is 0 Å². The van der Waals surface area contributed by atoms with Gasteiger partial charge in [-0.15, -0.1) is 5.10 Å². The van der Waals surface area contributed by atoms with Gasteiger partial charge in [-0.3, -0.25) is 0 Å². The Bertz CT molecular complexity index is 1130. The maximum Gasteiger partial charge on any atom is 0.134 e. The van der Waals surface area contributed by atoms with Gasteiger partial charge in [0.1, 0.15) is 18.1 Å². The molecule has 4 aromatic rings. The van der Waals surface area contributed by atoms with E-state index in [1.807, 2.05) is 42.6 Å². The molecule has 1 fully saturated rings. The lowest BCUT2D eigenvalue weighted by Gasteiger charge is -2.34. The molecule has 0 unspecified atom stereocenters. The number of ether oxygens (including phenoxy) is 1. The minimum atomic E-state index is 0.384. The summed E-state index contributed by atoms with van der Waals surface area (Å²) in [6.07, 6.45) is 1.91. The summed E-state index contributed by atoms with van der Waals surface area (Å²) in [7, 11) is 2.18. The van der Waals surface area contributed by atoms with Crippen LogP contribution in [-0.2, 0) is 6.61 Å². The largest absolute Gasteiger partial charge is 0.487 e. The van der Waals surface area contributed by atoms with Crippen LogP contribution >= 0.6 is 0 Å². The summed E-state index contributed by atoms with van der Waals surface area (Å²) in [5.74, 6) is 0.846. The molecule has 0 amide bonds. The van der Waals surface area contributed by atoms with Gasteiger partial charge in [-0.05, 0) is 42.8 Å². The van der Waals surface area contributed by atoms with Crippen molar-refractivity contribution in [2.75, 3.05) is 38.1 Å². The van der Waals surface area contributed by atoms with Gasteiger partial charge in [0.05, 0.1) is 11.9 Å². The topological polar surface area (TPSA) is 46.4 Å². The number of likely N-dealkylation sites (N-methyl/N-ethyl adjacent to an activating group) is 1. The smallest absolute Gasteiger partial charge is 0.134 e. The van der Waals surface area contributed by atoms with Crippen LogP contribution in [0.2, 0.25) is 0 Å². The molecule has 30 heavy (non-hydrogen) atoms. The Hall–Kier alpha value is -3.38. The molecule has 0 spiro atoms. The zero-order chi connectivity index (χ0) is 20.3. The molecule has 6 heteroatoms. The molecule has 3 aromatic carbocycles. The van der Waals surface area contributed by atoms with Gasteiger partial charge in [-0.2, -0.15) is 0 Å². The molecular weight excluding hydrogens is 374 g/mol. The molecule has 1 aliphatic heterocycles. The maximum absolute atomic E-state index is 6.07. The standard InChI is InChI=1S/C24H25N5O/c1-27-12-14-28(15-13-27)24-9-5-6-19-10-11-22(16-23(19)24)30-18-20-17-29(26-25-20)21-7-3-2-4-8-21/h2-11,16-17H,12-15,18H2,1H3. The Morgan fingerprint density at radius 3 is 2.57 bits per heavy atom. The summed E-state index contributed by atoms with van der Waals surface area (Å²) in [6, 6.07) is 22.8. The summed E-state index contributed by atoms with van der Waals surface area (Å²) in [6.45, 7) is 4.65. The molecule has 1 aliphatic rings. The average molecular weight is 399 g/mol. The SMILES string of the molecule is CN1CCN(c2cccc3ccc(OCc4cn(-c5ccccc5)nn4)cc23)CC1. The maximum atomic E-state index is 6.07. The number of benzene rings is 3. The third-order valence-corrected chi connectivity index (χ3v) is 5.62. The third-order valence-electron chi connectivity index (χ3n) is 5.62. The van der Waals surface area contributed by atoms with E-state index in [0.717, 1.165) is 43.3 Å². The lowest BCUT2D eigenvalue weighted by atomic mass is 10.1. The van der Waals surface area contributed by atoms with Crippen LogP contribution in [0.25, 0.3) is 16.5 Å². The van der Waals surface area contributed by atoms with Crippen molar-refractivity contribution in [2.45, 2.75) is 6.61 Å². The Morgan fingerprint density at radius 2 is 1.73 bits per heavy atom. The molecule has 0 atom stereocenters. The molecule has 1 aromatic heterocycles. The Kier molecular flexibility index (Phi) is 5.07. The molecule has 0 aliphatic carbocycles. The highest BCUT2D eigenvalue weighted by Crippen LogP contribution is 2.31.